The van der Waals surface area contributed by atoms with Crippen LogP contribution in [0.3, 0.4) is 0 Å². The number of carboxylic acids is 1. The lowest BCUT2D eigenvalue weighted by molar-refractivity contribution is -0.142. The largest absolute Gasteiger partial charge is 0.480 e. The fourth-order valence-corrected chi connectivity index (χ4v) is 1.86. The average molecular weight is 329 g/mol. The lowest BCUT2D eigenvalue weighted by atomic mass is 10.0. The second-order valence-electron chi connectivity index (χ2n) is 5.48. The molecule has 0 aliphatic rings. The number of Topliss-reactive ketones (excluding diaryl/α,β-unsaturated/α-hetero) is 1. The summed E-state index contributed by atoms with van der Waals surface area (Å²) in [5.74, 6) is -2.39. The molecule has 0 spiro atoms. The molecular formula is C17H19N3O4. The van der Waals surface area contributed by atoms with Gasteiger partial charge in [-0.2, -0.15) is 5.26 Å². The van der Waals surface area contributed by atoms with E-state index >= 15 is 0 Å². The summed E-state index contributed by atoms with van der Waals surface area (Å²) in [6.07, 6.45) is 1.17. The van der Waals surface area contributed by atoms with Crippen molar-refractivity contribution in [2.45, 2.75) is 26.8 Å². The van der Waals surface area contributed by atoms with E-state index in [2.05, 4.69) is 10.6 Å². The van der Waals surface area contributed by atoms with E-state index in [0.717, 1.165) is 0 Å². The lowest BCUT2D eigenvalue weighted by Crippen LogP contribution is -2.44. The highest BCUT2D eigenvalue weighted by atomic mass is 16.4. The number of nitrogens with one attached hydrogen (secondary N) is 2. The molecule has 7 heteroatoms. The van der Waals surface area contributed by atoms with Crippen molar-refractivity contribution in [3.63, 3.8) is 0 Å². The molecule has 0 saturated carbocycles. The normalized spacial score (nSPS) is 12.2. The van der Waals surface area contributed by atoms with Crippen LogP contribution in [0.4, 0.5) is 5.69 Å². The summed E-state index contributed by atoms with van der Waals surface area (Å²) in [4.78, 5) is 34.5. The van der Waals surface area contributed by atoms with Gasteiger partial charge < -0.3 is 15.7 Å². The summed E-state index contributed by atoms with van der Waals surface area (Å²) >= 11 is 0. The third-order valence-corrected chi connectivity index (χ3v) is 3.24. The molecule has 1 aromatic rings. The topological polar surface area (TPSA) is 119 Å². The van der Waals surface area contributed by atoms with Crippen molar-refractivity contribution in [2.24, 2.45) is 5.92 Å². The Morgan fingerprint density at radius 2 is 1.96 bits per heavy atom. The van der Waals surface area contributed by atoms with Crippen LogP contribution >= 0.6 is 0 Å². The molecule has 0 aromatic heterocycles. The van der Waals surface area contributed by atoms with E-state index in [4.69, 9.17) is 10.4 Å². The minimum absolute atomic E-state index is 0.109. The number of carboxylic acid groups (broad SMARTS) is 1. The standard InChI is InChI=1S/C17H19N3O4/c1-10(2)15(17(23)24)20-16(22)13(8-18)9-19-14-6-4-5-12(7-14)11(3)21/h4-7,9-10,15,19H,1-3H3,(H,20,22)(H,23,24)/b13-9-. The Morgan fingerprint density at radius 3 is 2.46 bits per heavy atom. The number of anilines is 1. The molecule has 0 bridgehead atoms. The van der Waals surface area contributed by atoms with Crippen LogP contribution in [0.1, 0.15) is 31.1 Å². The van der Waals surface area contributed by atoms with Crippen LogP contribution < -0.4 is 10.6 Å². The molecule has 1 rings (SSSR count). The molecular weight excluding hydrogens is 310 g/mol. The SMILES string of the molecule is CC(=O)c1cccc(N/C=C(/C#N)C(=O)NC(C(=O)O)C(C)C)c1. The Bertz CT molecular complexity index is 717. The molecule has 0 aliphatic carbocycles. The highest BCUT2D eigenvalue weighted by molar-refractivity contribution is 5.99. The molecule has 1 unspecified atom stereocenters. The Kier molecular flexibility index (Phi) is 6.68. The molecule has 24 heavy (non-hydrogen) atoms. The van der Waals surface area contributed by atoms with Gasteiger partial charge in [0.1, 0.15) is 17.7 Å². The maximum absolute atomic E-state index is 12.0. The van der Waals surface area contributed by atoms with Gasteiger partial charge in [0.05, 0.1) is 0 Å². The van der Waals surface area contributed by atoms with E-state index in [1.165, 1.54) is 13.1 Å². The van der Waals surface area contributed by atoms with Crippen molar-refractivity contribution in [1.29, 1.82) is 5.26 Å². The van der Waals surface area contributed by atoms with Gasteiger partial charge in [0.25, 0.3) is 5.91 Å². The molecule has 1 atom stereocenters. The number of benzene rings is 1. The third kappa shape index (κ3) is 5.25. The quantitative estimate of drug-likeness (QED) is 0.399. The summed E-state index contributed by atoms with van der Waals surface area (Å²) < 4.78 is 0. The number of aliphatic carboxylic acids is 1. The zero-order valence-corrected chi connectivity index (χ0v) is 13.7. The second-order valence-corrected chi connectivity index (χ2v) is 5.48. The van der Waals surface area contributed by atoms with Gasteiger partial charge in [0.2, 0.25) is 0 Å². The van der Waals surface area contributed by atoms with E-state index in [1.807, 2.05) is 0 Å². The highest BCUT2D eigenvalue weighted by Crippen LogP contribution is 2.12. The molecule has 0 aliphatic heterocycles. The van der Waals surface area contributed by atoms with Gasteiger partial charge in [-0.15, -0.1) is 0 Å². The summed E-state index contributed by atoms with van der Waals surface area (Å²) in [5, 5.41) is 23.2. The molecule has 0 fully saturated rings. The predicted molar refractivity (Wildman–Crippen MR) is 88.2 cm³/mol. The average Bonchev–Trinajstić information content (AvgIpc) is 2.52. The summed E-state index contributed by atoms with van der Waals surface area (Å²) in [5.41, 5.74) is 0.749. The van der Waals surface area contributed by atoms with E-state index in [0.29, 0.717) is 11.3 Å². The maximum atomic E-state index is 12.0. The number of amides is 1. The number of nitriles is 1. The van der Waals surface area contributed by atoms with E-state index in [9.17, 15) is 14.4 Å². The van der Waals surface area contributed by atoms with Crippen LogP contribution in [0.25, 0.3) is 0 Å². The summed E-state index contributed by atoms with van der Waals surface area (Å²) in [6, 6.07) is 7.20. The number of nitrogens with zero attached hydrogens (tertiary/aromatic N) is 1. The van der Waals surface area contributed by atoms with Crippen molar-refractivity contribution in [3.8, 4) is 6.07 Å². The monoisotopic (exact) mass is 329 g/mol. The van der Waals surface area contributed by atoms with Gasteiger partial charge in [-0.25, -0.2) is 4.79 Å². The smallest absolute Gasteiger partial charge is 0.326 e. The van der Waals surface area contributed by atoms with Crippen LogP contribution in [-0.2, 0) is 9.59 Å². The van der Waals surface area contributed by atoms with E-state index < -0.39 is 17.9 Å². The van der Waals surface area contributed by atoms with Crippen molar-refractivity contribution in [1.82, 2.24) is 5.32 Å². The first-order valence-corrected chi connectivity index (χ1v) is 7.27. The first-order chi connectivity index (χ1) is 11.3. The van der Waals surface area contributed by atoms with Crippen molar-refractivity contribution in [3.05, 3.63) is 41.6 Å². The van der Waals surface area contributed by atoms with E-state index in [1.54, 1.807) is 44.2 Å². The number of hydrogen-bond donors (Lipinski definition) is 3. The lowest BCUT2D eigenvalue weighted by Gasteiger charge is -2.17. The fourth-order valence-electron chi connectivity index (χ4n) is 1.86. The number of ketones is 1. The van der Waals surface area contributed by atoms with Crippen LogP contribution in [0.2, 0.25) is 0 Å². The van der Waals surface area contributed by atoms with Crippen molar-refractivity contribution >= 4 is 23.3 Å². The molecule has 3 N–H and O–H groups in total. The maximum Gasteiger partial charge on any atom is 0.326 e. The van der Waals surface area contributed by atoms with Crippen molar-refractivity contribution < 1.29 is 19.5 Å². The van der Waals surface area contributed by atoms with Crippen LogP contribution in [0, 0.1) is 17.2 Å². The molecule has 1 amide bonds. The Balaban J connectivity index is 2.89. The fraction of sp³-hybridized carbons (Fsp3) is 0.294. The van der Waals surface area contributed by atoms with Gasteiger partial charge in [-0.05, 0) is 25.0 Å². The van der Waals surface area contributed by atoms with Crippen LogP contribution in [0.5, 0.6) is 0 Å². The zero-order chi connectivity index (χ0) is 18.3. The first-order valence-electron chi connectivity index (χ1n) is 7.27. The summed E-state index contributed by atoms with van der Waals surface area (Å²) in [7, 11) is 0. The molecule has 7 nitrogen and oxygen atoms in total. The van der Waals surface area contributed by atoms with E-state index in [-0.39, 0.29) is 17.3 Å². The van der Waals surface area contributed by atoms with Crippen molar-refractivity contribution in [2.75, 3.05) is 5.32 Å². The van der Waals surface area contributed by atoms with Gasteiger partial charge in [-0.3, -0.25) is 9.59 Å². The summed E-state index contributed by atoms with van der Waals surface area (Å²) in [6.45, 7) is 4.74. The Labute approximate surface area is 140 Å². The van der Waals surface area contributed by atoms with Gasteiger partial charge in [-0.1, -0.05) is 26.0 Å². The number of hydrogen-bond acceptors (Lipinski definition) is 5. The molecule has 0 heterocycles. The number of carbonyl (C=O) groups excluding carboxylic acids is 2. The number of rotatable bonds is 7. The Hall–Kier alpha value is -3.14. The molecule has 0 saturated heterocycles. The van der Waals surface area contributed by atoms with Gasteiger partial charge in [0, 0.05) is 17.5 Å². The van der Waals surface area contributed by atoms with Crippen LogP contribution in [-0.4, -0.2) is 28.8 Å². The van der Waals surface area contributed by atoms with Crippen LogP contribution in [0.15, 0.2) is 36.0 Å². The molecule has 1 aromatic carbocycles. The third-order valence-electron chi connectivity index (χ3n) is 3.24. The number of carbonyl (C=O) groups is 3. The zero-order valence-electron chi connectivity index (χ0n) is 13.7. The van der Waals surface area contributed by atoms with Gasteiger partial charge in [0.15, 0.2) is 5.78 Å². The minimum atomic E-state index is -1.17. The predicted octanol–water partition coefficient (Wildman–Crippen LogP) is 1.93. The minimum Gasteiger partial charge on any atom is -0.480 e. The second kappa shape index (κ2) is 8.48. The Morgan fingerprint density at radius 1 is 1.29 bits per heavy atom. The van der Waals surface area contributed by atoms with Gasteiger partial charge >= 0.3 is 5.97 Å². The first kappa shape index (κ1) is 18.9. The molecule has 126 valence electrons. The molecule has 0 radical (unpaired) electrons. The highest BCUT2D eigenvalue weighted by Gasteiger charge is 2.24.